The van der Waals surface area contributed by atoms with Crippen LogP contribution in [0.15, 0.2) is 68.8 Å². The van der Waals surface area contributed by atoms with E-state index >= 15 is 0 Å². The van der Waals surface area contributed by atoms with E-state index in [2.05, 4.69) is 66.2 Å². The fourth-order valence-corrected chi connectivity index (χ4v) is 5.63. The van der Waals surface area contributed by atoms with Crippen molar-refractivity contribution < 1.29 is 9.22 Å². The molecule has 0 amide bonds. The number of allylic oxidation sites excluding steroid dienone is 1. The van der Waals surface area contributed by atoms with E-state index in [1.165, 1.54) is 18.4 Å². The first-order chi connectivity index (χ1) is 14.7. The molecule has 4 nitrogen and oxygen atoms in total. The molecule has 3 aliphatic carbocycles. The monoisotopic (exact) mass is 482 g/mol. The Kier molecular flexibility index (Phi) is 6.10. The van der Waals surface area contributed by atoms with Gasteiger partial charge in [-0.1, -0.05) is 32.1 Å². The molecule has 0 radical (unpaired) electrons. The molecule has 3 aliphatic rings. The summed E-state index contributed by atoms with van der Waals surface area (Å²) in [6.07, 6.45) is 5.13. The maximum atomic E-state index is 5.68. The van der Waals surface area contributed by atoms with E-state index in [9.17, 15) is 0 Å². The fourth-order valence-electron chi connectivity index (χ4n) is 5.26. The number of fused-ring (bicyclic) bond motifs is 1. The smallest absolute Gasteiger partial charge is 0.127 e. The fraction of sp³-hybridized carbons (Fsp3) is 0.462. The first kappa shape index (κ1) is 22.2. The highest BCUT2D eigenvalue weighted by Crippen LogP contribution is 2.59. The van der Waals surface area contributed by atoms with E-state index in [1.807, 2.05) is 36.4 Å². The lowest BCUT2D eigenvalue weighted by atomic mass is 9.49. The first-order valence-corrected chi connectivity index (χ1v) is 11.8. The Balaban J connectivity index is 1.52. The molecule has 5 heteroatoms. The van der Waals surface area contributed by atoms with Gasteiger partial charge in [0.2, 0.25) is 0 Å². The molecule has 164 valence electrons. The lowest BCUT2D eigenvalue weighted by Gasteiger charge is -2.57. The number of methoxy groups -OCH3 is 1. The second-order valence-electron chi connectivity index (χ2n) is 10.2. The van der Waals surface area contributed by atoms with E-state index < -0.39 is 0 Å². The third-order valence-electron chi connectivity index (χ3n) is 7.18. The van der Waals surface area contributed by atoms with Crippen LogP contribution >= 0.6 is 15.9 Å². The highest BCUT2D eigenvalue weighted by atomic mass is 79.9. The summed E-state index contributed by atoms with van der Waals surface area (Å²) < 4.78 is 7.51. The highest BCUT2D eigenvalue weighted by Gasteiger charge is 2.52. The molecule has 31 heavy (non-hydrogen) atoms. The molecule has 0 saturated heterocycles. The topological polar surface area (TPSA) is 34.0 Å². The summed E-state index contributed by atoms with van der Waals surface area (Å²) in [6, 6.07) is 13.9. The second-order valence-corrected chi connectivity index (χ2v) is 11.1. The summed E-state index contributed by atoms with van der Waals surface area (Å²) >= 11 is 3.53. The lowest BCUT2D eigenvalue weighted by Crippen LogP contribution is -2.52. The number of quaternary nitrogens is 1. The zero-order valence-electron chi connectivity index (χ0n) is 19.2. The molecule has 0 aromatic heterocycles. The summed E-state index contributed by atoms with van der Waals surface area (Å²) in [6.45, 7) is 6.85. The Morgan fingerprint density at radius 1 is 1.10 bits per heavy atom. The van der Waals surface area contributed by atoms with Crippen LogP contribution in [0, 0.1) is 17.3 Å². The number of hydrogen-bond acceptors (Lipinski definition) is 3. The summed E-state index contributed by atoms with van der Waals surface area (Å²) in [5.41, 5.74) is 4.93. The van der Waals surface area contributed by atoms with Gasteiger partial charge in [0.05, 0.1) is 38.1 Å². The molecule has 2 bridgehead atoms. The SMILES string of the molecule is COc1ccc(N=Nc2ccccc2Br)cc1C[N+](C)(C)CC1=CC[C@H]2C[C@@H]1C2(C)C. The van der Waals surface area contributed by atoms with Crippen LogP contribution < -0.4 is 4.74 Å². The van der Waals surface area contributed by atoms with Crippen LogP contribution in [0.2, 0.25) is 0 Å². The quantitative estimate of drug-likeness (QED) is 0.229. The van der Waals surface area contributed by atoms with E-state index in [-0.39, 0.29) is 0 Å². The first-order valence-electron chi connectivity index (χ1n) is 11.0. The number of benzene rings is 2. The van der Waals surface area contributed by atoms with Gasteiger partial charge in [0.25, 0.3) is 0 Å². The molecule has 0 aliphatic heterocycles. The normalized spacial score (nSPS) is 22.2. The highest BCUT2D eigenvalue weighted by molar-refractivity contribution is 9.10. The van der Waals surface area contributed by atoms with Crippen molar-refractivity contribution in [3.05, 3.63) is 64.1 Å². The lowest BCUT2D eigenvalue weighted by molar-refractivity contribution is -0.899. The van der Waals surface area contributed by atoms with Gasteiger partial charge in [0.1, 0.15) is 18.8 Å². The van der Waals surface area contributed by atoms with Crippen LogP contribution in [0.5, 0.6) is 5.75 Å². The van der Waals surface area contributed by atoms with Gasteiger partial charge in [-0.25, -0.2) is 0 Å². The van der Waals surface area contributed by atoms with Gasteiger partial charge >= 0.3 is 0 Å². The van der Waals surface area contributed by atoms with Gasteiger partial charge in [-0.05, 0) is 81.9 Å². The number of halogens is 1. The predicted octanol–water partition coefficient (Wildman–Crippen LogP) is 7.44. The molecule has 5 rings (SSSR count). The van der Waals surface area contributed by atoms with E-state index in [0.29, 0.717) is 5.41 Å². The number of rotatable bonds is 7. The van der Waals surface area contributed by atoms with Crippen molar-refractivity contribution in [2.75, 3.05) is 27.7 Å². The molecule has 0 N–H and O–H groups in total. The Labute approximate surface area is 194 Å². The van der Waals surface area contributed by atoms with Crippen LogP contribution in [0.25, 0.3) is 0 Å². The number of nitrogens with zero attached hydrogens (tertiary/aromatic N) is 3. The minimum absolute atomic E-state index is 0.466. The van der Waals surface area contributed by atoms with E-state index in [4.69, 9.17) is 4.74 Å². The average molecular weight is 483 g/mol. The summed E-state index contributed by atoms with van der Waals surface area (Å²) in [4.78, 5) is 0. The molecule has 2 atom stereocenters. The zero-order chi connectivity index (χ0) is 22.2. The van der Waals surface area contributed by atoms with Crippen LogP contribution in [0.4, 0.5) is 11.4 Å². The molecule has 2 aromatic rings. The third-order valence-corrected chi connectivity index (χ3v) is 7.85. The summed E-state index contributed by atoms with van der Waals surface area (Å²) in [5.74, 6) is 2.53. The Morgan fingerprint density at radius 3 is 2.55 bits per heavy atom. The van der Waals surface area contributed by atoms with Crippen molar-refractivity contribution in [3.63, 3.8) is 0 Å². The minimum atomic E-state index is 0.466. The Bertz CT molecular complexity index is 1030. The molecule has 1 saturated carbocycles. The second kappa shape index (κ2) is 8.51. The number of hydrogen-bond donors (Lipinski definition) is 0. The van der Waals surface area contributed by atoms with Crippen LogP contribution in [0.1, 0.15) is 32.3 Å². The predicted molar refractivity (Wildman–Crippen MR) is 130 cm³/mol. The van der Waals surface area contributed by atoms with Crippen molar-refractivity contribution >= 4 is 27.3 Å². The van der Waals surface area contributed by atoms with Crippen molar-refractivity contribution in [3.8, 4) is 5.75 Å². The van der Waals surface area contributed by atoms with Gasteiger partial charge in [-0.3, -0.25) is 0 Å². The molecule has 0 heterocycles. The maximum absolute atomic E-state index is 5.68. The van der Waals surface area contributed by atoms with Gasteiger partial charge in [0, 0.05) is 4.47 Å². The minimum Gasteiger partial charge on any atom is -0.496 e. The molecule has 0 spiro atoms. The standard InChI is InChI=1S/C26H33BrN3O/c1-26(2)20-11-10-18(22(26)15-20)16-30(3,4)17-19-14-21(12-13-25(19)31-5)28-29-24-9-7-6-8-23(24)27/h6-10,12-14,20,22H,11,15-17H2,1-5H3/q+1/t20-,22-/m0/s1. The third kappa shape index (κ3) is 4.63. The van der Waals surface area contributed by atoms with E-state index in [1.54, 1.807) is 12.7 Å². The van der Waals surface area contributed by atoms with Gasteiger partial charge in [0.15, 0.2) is 0 Å². The van der Waals surface area contributed by atoms with Crippen molar-refractivity contribution in [1.82, 2.24) is 0 Å². The van der Waals surface area contributed by atoms with Crippen molar-refractivity contribution in [1.29, 1.82) is 0 Å². The van der Waals surface area contributed by atoms with Crippen molar-refractivity contribution in [2.24, 2.45) is 27.5 Å². The largest absolute Gasteiger partial charge is 0.496 e. The number of azo groups is 1. The molecule has 2 aromatic carbocycles. The molecular weight excluding hydrogens is 450 g/mol. The Morgan fingerprint density at radius 2 is 1.87 bits per heavy atom. The summed E-state index contributed by atoms with van der Waals surface area (Å²) in [5, 5.41) is 8.89. The van der Waals surface area contributed by atoms with E-state index in [0.717, 1.165) is 51.0 Å². The number of ether oxygens (including phenoxy) is 1. The van der Waals surface area contributed by atoms with Crippen LogP contribution in [-0.4, -0.2) is 32.2 Å². The average Bonchev–Trinajstić information content (AvgIpc) is 2.72. The number of likely N-dealkylation sites (N-methyl/N-ethyl adjacent to an activating group) is 1. The summed E-state index contributed by atoms with van der Waals surface area (Å²) in [7, 11) is 6.36. The van der Waals surface area contributed by atoms with Crippen molar-refractivity contribution in [2.45, 2.75) is 33.2 Å². The van der Waals surface area contributed by atoms with Gasteiger partial charge < -0.3 is 9.22 Å². The van der Waals surface area contributed by atoms with Gasteiger partial charge in [-0.2, -0.15) is 5.11 Å². The molecule has 1 fully saturated rings. The van der Waals surface area contributed by atoms with Gasteiger partial charge in [-0.15, -0.1) is 5.11 Å². The van der Waals surface area contributed by atoms with Crippen LogP contribution in [0.3, 0.4) is 0 Å². The zero-order valence-corrected chi connectivity index (χ0v) is 20.8. The molecular formula is C26H33BrN3O+. The Hall–Kier alpha value is -1.98. The molecule has 0 unspecified atom stereocenters. The maximum Gasteiger partial charge on any atom is 0.127 e. The van der Waals surface area contributed by atoms with Crippen LogP contribution in [-0.2, 0) is 6.54 Å².